The van der Waals surface area contributed by atoms with Gasteiger partial charge in [0.1, 0.15) is 6.04 Å². The summed E-state index contributed by atoms with van der Waals surface area (Å²) in [7, 11) is 0. The van der Waals surface area contributed by atoms with Gasteiger partial charge in [-0.15, -0.1) is 21.5 Å². The molecule has 1 amide bonds. The Hall–Kier alpha value is -2.25. The average molecular weight is 329 g/mol. The summed E-state index contributed by atoms with van der Waals surface area (Å²) in [6.07, 6.45) is 0. The molecule has 7 heteroatoms. The van der Waals surface area contributed by atoms with Crippen LogP contribution in [-0.2, 0) is 4.74 Å². The molecule has 0 unspecified atom stereocenters. The molecule has 1 saturated heterocycles. The highest BCUT2D eigenvalue weighted by atomic mass is 32.1. The molecule has 23 heavy (non-hydrogen) atoms. The van der Waals surface area contributed by atoms with E-state index in [2.05, 4.69) is 10.2 Å². The van der Waals surface area contributed by atoms with E-state index in [4.69, 9.17) is 9.15 Å². The lowest BCUT2D eigenvalue weighted by atomic mass is 10.1. The molecule has 1 atom stereocenters. The van der Waals surface area contributed by atoms with Gasteiger partial charge in [0.15, 0.2) is 0 Å². The first kappa shape index (κ1) is 14.3. The third-order valence-electron chi connectivity index (χ3n) is 3.93. The van der Waals surface area contributed by atoms with Crippen LogP contribution in [0.25, 0.3) is 10.1 Å². The Morgan fingerprint density at radius 1 is 1.35 bits per heavy atom. The Balaban J connectivity index is 1.70. The highest BCUT2D eigenvalue weighted by Crippen LogP contribution is 2.30. The molecule has 3 heterocycles. The minimum atomic E-state index is -0.337. The molecular formula is C16H15N3O3S. The molecule has 6 nitrogen and oxygen atoms in total. The van der Waals surface area contributed by atoms with Crippen molar-refractivity contribution in [3.8, 4) is 0 Å². The Morgan fingerprint density at radius 3 is 3.04 bits per heavy atom. The lowest BCUT2D eigenvalue weighted by Crippen LogP contribution is -2.43. The molecule has 2 aromatic heterocycles. The number of nitrogens with zero attached hydrogens (tertiary/aromatic N) is 3. The Morgan fingerprint density at radius 2 is 2.22 bits per heavy atom. The quantitative estimate of drug-likeness (QED) is 0.723. The summed E-state index contributed by atoms with van der Waals surface area (Å²) in [5.41, 5.74) is 0.716. The Bertz CT molecular complexity index is 857. The van der Waals surface area contributed by atoms with Crippen LogP contribution in [0.15, 0.2) is 34.1 Å². The standard InChI is InChI=1S/C16H15N3O3S/c1-10-17-18-15(22-10)13-8-21-7-6-19(13)16(20)12-9-23-14-5-3-2-4-11(12)14/h2-5,9,13H,6-8H2,1H3/t13-/m0/s1. The van der Waals surface area contributed by atoms with Crippen LogP contribution in [0.4, 0.5) is 0 Å². The van der Waals surface area contributed by atoms with Crippen LogP contribution in [0.2, 0.25) is 0 Å². The van der Waals surface area contributed by atoms with E-state index < -0.39 is 0 Å². The van der Waals surface area contributed by atoms with Crippen LogP contribution < -0.4 is 0 Å². The third-order valence-corrected chi connectivity index (χ3v) is 4.89. The molecule has 0 spiro atoms. The van der Waals surface area contributed by atoms with Gasteiger partial charge in [-0.1, -0.05) is 18.2 Å². The Labute approximate surface area is 136 Å². The van der Waals surface area contributed by atoms with Crippen LogP contribution in [0.3, 0.4) is 0 Å². The van der Waals surface area contributed by atoms with Gasteiger partial charge in [-0.3, -0.25) is 4.79 Å². The van der Waals surface area contributed by atoms with Crippen molar-refractivity contribution in [1.82, 2.24) is 15.1 Å². The summed E-state index contributed by atoms with van der Waals surface area (Å²) >= 11 is 1.58. The van der Waals surface area contributed by atoms with Gasteiger partial charge in [0.25, 0.3) is 5.91 Å². The molecule has 0 bridgehead atoms. The maximum atomic E-state index is 13.1. The Kier molecular flexibility index (Phi) is 3.59. The fraction of sp³-hybridized carbons (Fsp3) is 0.312. The van der Waals surface area contributed by atoms with Crippen molar-refractivity contribution in [2.24, 2.45) is 0 Å². The first-order chi connectivity index (χ1) is 11.2. The second kappa shape index (κ2) is 5.75. The fourth-order valence-electron chi connectivity index (χ4n) is 2.80. The van der Waals surface area contributed by atoms with Crippen LogP contribution in [-0.4, -0.2) is 40.8 Å². The molecular weight excluding hydrogens is 314 g/mol. The summed E-state index contributed by atoms with van der Waals surface area (Å²) in [5.74, 6) is 0.889. The van der Waals surface area contributed by atoms with Gasteiger partial charge in [-0.25, -0.2) is 0 Å². The predicted molar refractivity (Wildman–Crippen MR) is 85.5 cm³/mol. The number of aryl methyl sites for hydroxylation is 1. The third kappa shape index (κ3) is 2.51. The van der Waals surface area contributed by atoms with Crippen LogP contribution in [0, 0.1) is 6.92 Å². The number of aromatic nitrogens is 2. The molecule has 0 radical (unpaired) electrons. The molecule has 3 aromatic rings. The number of benzene rings is 1. The molecule has 1 aromatic carbocycles. The summed E-state index contributed by atoms with van der Waals surface area (Å²) in [6, 6.07) is 7.59. The zero-order chi connectivity index (χ0) is 15.8. The first-order valence-electron chi connectivity index (χ1n) is 7.39. The summed E-state index contributed by atoms with van der Waals surface area (Å²) < 4.78 is 12.1. The SMILES string of the molecule is Cc1nnc([C@@H]2COCCN2C(=O)c2csc3ccccc23)o1. The van der Waals surface area contributed by atoms with E-state index in [0.29, 0.717) is 37.1 Å². The summed E-state index contributed by atoms with van der Waals surface area (Å²) in [6.45, 7) is 3.13. The zero-order valence-corrected chi connectivity index (χ0v) is 13.4. The second-order valence-electron chi connectivity index (χ2n) is 5.39. The molecule has 118 valence electrons. The minimum Gasteiger partial charge on any atom is -0.423 e. The molecule has 1 fully saturated rings. The van der Waals surface area contributed by atoms with Crippen molar-refractivity contribution in [3.05, 3.63) is 47.0 Å². The number of fused-ring (bicyclic) bond motifs is 1. The zero-order valence-electron chi connectivity index (χ0n) is 12.6. The summed E-state index contributed by atoms with van der Waals surface area (Å²) in [4.78, 5) is 14.8. The first-order valence-corrected chi connectivity index (χ1v) is 8.27. The number of thiophene rings is 1. The van der Waals surface area contributed by atoms with E-state index >= 15 is 0 Å². The monoisotopic (exact) mass is 329 g/mol. The second-order valence-corrected chi connectivity index (χ2v) is 6.31. The minimum absolute atomic E-state index is 0.0217. The molecule has 4 rings (SSSR count). The molecule has 0 aliphatic carbocycles. The normalized spacial score (nSPS) is 18.5. The number of carbonyl (C=O) groups is 1. The highest BCUT2D eigenvalue weighted by molar-refractivity contribution is 7.17. The van der Waals surface area contributed by atoms with Gasteiger partial charge in [0, 0.05) is 28.9 Å². The van der Waals surface area contributed by atoms with Crippen molar-refractivity contribution in [1.29, 1.82) is 0 Å². The molecule has 0 N–H and O–H groups in total. The number of hydrogen-bond donors (Lipinski definition) is 0. The lowest BCUT2D eigenvalue weighted by Gasteiger charge is -2.33. The van der Waals surface area contributed by atoms with E-state index in [-0.39, 0.29) is 11.9 Å². The number of hydrogen-bond acceptors (Lipinski definition) is 6. The van der Waals surface area contributed by atoms with Crippen molar-refractivity contribution < 1.29 is 13.9 Å². The largest absolute Gasteiger partial charge is 0.423 e. The number of amides is 1. The van der Waals surface area contributed by atoms with Gasteiger partial charge >= 0.3 is 0 Å². The maximum absolute atomic E-state index is 13.1. The van der Waals surface area contributed by atoms with Crippen molar-refractivity contribution in [3.63, 3.8) is 0 Å². The fourth-order valence-corrected chi connectivity index (χ4v) is 3.73. The van der Waals surface area contributed by atoms with Crippen LogP contribution >= 0.6 is 11.3 Å². The van der Waals surface area contributed by atoms with Gasteiger partial charge in [-0.05, 0) is 6.07 Å². The summed E-state index contributed by atoms with van der Waals surface area (Å²) in [5, 5.41) is 10.8. The topological polar surface area (TPSA) is 68.5 Å². The number of rotatable bonds is 2. The van der Waals surface area contributed by atoms with Crippen LogP contribution in [0.1, 0.15) is 28.2 Å². The lowest BCUT2D eigenvalue weighted by molar-refractivity contribution is -0.0105. The van der Waals surface area contributed by atoms with E-state index in [9.17, 15) is 4.79 Å². The van der Waals surface area contributed by atoms with Crippen molar-refractivity contribution >= 4 is 27.3 Å². The van der Waals surface area contributed by atoms with E-state index in [0.717, 1.165) is 10.1 Å². The van der Waals surface area contributed by atoms with E-state index in [1.165, 1.54) is 0 Å². The smallest absolute Gasteiger partial charge is 0.256 e. The van der Waals surface area contributed by atoms with E-state index in [1.54, 1.807) is 23.2 Å². The molecule has 0 saturated carbocycles. The number of ether oxygens (including phenoxy) is 1. The average Bonchev–Trinajstić information content (AvgIpc) is 3.20. The van der Waals surface area contributed by atoms with Gasteiger partial charge in [0.05, 0.1) is 18.8 Å². The van der Waals surface area contributed by atoms with Gasteiger partial charge < -0.3 is 14.1 Å². The van der Waals surface area contributed by atoms with Crippen molar-refractivity contribution in [2.45, 2.75) is 13.0 Å². The maximum Gasteiger partial charge on any atom is 0.256 e. The van der Waals surface area contributed by atoms with Crippen LogP contribution in [0.5, 0.6) is 0 Å². The molecule has 1 aliphatic rings. The van der Waals surface area contributed by atoms with Gasteiger partial charge in [0.2, 0.25) is 11.8 Å². The molecule has 1 aliphatic heterocycles. The number of carbonyl (C=O) groups excluding carboxylic acids is 1. The van der Waals surface area contributed by atoms with Gasteiger partial charge in [-0.2, -0.15) is 0 Å². The van der Waals surface area contributed by atoms with Crippen molar-refractivity contribution in [2.75, 3.05) is 19.8 Å². The highest BCUT2D eigenvalue weighted by Gasteiger charge is 2.33. The van der Waals surface area contributed by atoms with E-state index in [1.807, 2.05) is 29.6 Å². The number of morpholine rings is 1. The predicted octanol–water partition coefficient (Wildman–Crippen LogP) is 2.81.